The van der Waals surface area contributed by atoms with E-state index >= 15 is 0 Å². The molecule has 124 valence electrons. The van der Waals surface area contributed by atoms with E-state index in [0.29, 0.717) is 22.9 Å². The molecule has 0 bridgehead atoms. The lowest BCUT2D eigenvalue weighted by Crippen LogP contribution is -2.18. The Morgan fingerprint density at radius 1 is 1.36 bits per heavy atom. The van der Waals surface area contributed by atoms with Crippen molar-refractivity contribution in [3.05, 3.63) is 64.4 Å². The maximum atomic E-state index is 11.0. The summed E-state index contributed by atoms with van der Waals surface area (Å²) in [5.41, 5.74) is 3.26. The topological polar surface area (TPSA) is 78.9 Å². The standard InChI is InChI=1S/C19H15N3O2S/c1-13(23)21-11-14-4-6-15(7-5-14)18-12-25-19(22-18)16(10-20)9-17-3-2-8-24-17/h2-9,12H,11H2,1H3,(H,21,23)/b16-9+. The predicted molar refractivity (Wildman–Crippen MR) is 97.3 cm³/mol. The second kappa shape index (κ2) is 7.60. The first-order valence-corrected chi connectivity index (χ1v) is 8.48. The molecule has 0 aliphatic heterocycles. The number of amides is 1. The van der Waals surface area contributed by atoms with Crippen molar-refractivity contribution < 1.29 is 9.21 Å². The highest BCUT2D eigenvalue weighted by molar-refractivity contribution is 7.11. The van der Waals surface area contributed by atoms with E-state index in [0.717, 1.165) is 16.8 Å². The second-order valence-electron chi connectivity index (χ2n) is 5.33. The molecule has 0 fully saturated rings. The Morgan fingerprint density at radius 2 is 2.16 bits per heavy atom. The highest BCUT2D eigenvalue weighted by Gasteiger charge is 2.10. The molecule has 0 radical (unpaired) electrons. The highest BCUT2D eigenvalue weighted by Crippen LogP contribution is 2.27. The van der Waals surface area contributed by atoms with Gasteiger partial charge in [0.25, 0.3) is 0 Å². The van der Waals surface area contributed by atoms with Crippen LogP contribution in [-0.4, -0.2) is 10.9 Å². The summed E-state index contributed by atoms with van der Waals surface area (Å²) in [6.45, 7) is 2.00. The molecule has 2 aromatic heterocycles. The summed E-state index contributed by atoms with van der Waals surface area (Å²) in [6.07, 6.45) is 3.25. The maximum Gasteiger partial charge on any atom is 0.217 e. The summed E-state index contributed by atoms with van der Waals surface area (Å²) >= 11 is 1.42. The molecular formula is C19H15N3O2S. The fourth-order valence-electron chi connectivity index (χ4n) is 2.21. The molecule has 0 unspecified atom stereocenters. The number of nitrogens with one attached hydrogen (secondary N) is 1. The van der Waals surface area contributed by atoms with Gasteiger partial charge in [-0.2, -0.15) is 5.26 Å². The number of carbonyl (C=O) groups is 1. The molecule has 6 heteroatoms. The minimum absolute atomic E-state index is 0.0550. The van der Waals surface area contributed by atoms with Crippen LogP contribution in [0.5, 0.6) is 0 Å². The van der Waals surface area contributed by atoms with Crippen LogP contribution in [0.4, 0.5) is 0 Å². The molecule has 0 spiro atoms. The van der Waals surface area contributed by atoms with Gasteiger partial charge < -0.3 is 9.73 Å². The molecule has 1 N–H and O–H groups in total. The lowest BCUT2D eigenvalue weighted by Gasteiger charge is -2.03. The van der Waals surface area contributed by atoms with E-state index in [1.165, 1.54) is 18.3 Å². The Labute approximate surface area is 149 Å². The summed E-state index contributed by atoms with van der Waals surface area (Å²) in [7, 11) is 0. The number of rotatable bonds is 5. The van der Waals surface area contributed by atoms with E-state index in [9.17, 15) is 10.1 Å². The SMILES string of the molecule is CC(=O)NCc1ccc(-c2csc(/C(C#N)=C/c3ccco3)n2)cc1. The van der Waals surface area contributed by atoms with Gasteiger partial charge in [0.05, 0.1) is 17.5 Å². The van der Waals surface area contributed by atoms with Gasteiger partial charge in [0, 0.05) is 30.5 Å². The number of allylic oxidation sites excluding steroid dienone is 1. The predicted octanol–water partition coefficient (Wildman–Crippen LogP) is 4.10. The van der Waals surface area contributed by atoms with Crippen LogP contribution >= 0.6 is 11.3 Å². The van der Waals surface area contributed by atoms with Gasteiger partial charge >= 0.3 is 0 Å². The van der Waals surface area contributed by atoms with Crippen LogP contribution in [-0.2, 0) is 11.3 Å². The third-order valence-electron chi connectivity index (χ3n) is 3.48. The smallest absolute Gasteiger partial charge is 0.217 e. The number of hydrogen-bond donors (Lipinski definition) is 1. The van der Waals surface area contributed by atoms with Gasteiger partial charge in [0.15, 0.2) is 0 Å². The number of hydrogen-bond acceptors (Lipinski definition) is 5. The summed E-state index contributed by atoms with van der Waals surface area (Å²) in [6, 6.07) is 13.6. The van der Waals surface area contributed by atoms with Gasteiger partial charge in [-0.05, 0) is 17.7 Å². The number of thiazole rings is 1. The molecule has 3 rings (SSSR count). The average molecular weight is 349 g/mol. The highest BCUT2D eigenvalue weighted by atomic mass is 32.1. The Morgan fingerprint density at radius 3 is 2.80 bits per heavy atom. The minimum atomic E-state index is -0.0550. The number of aromatic nitrogens is 1. The normalized spacial score (nSPS) is 11.1. The van der Waals surface area contributed by atoms with Crippen molar-refractivity contribution in [3.8, 4) is 17.3 Å². The van der Waals surface area contributed by atoms with Crippen molar-refractivity contribution >= 4 is 28.9 Å². The van der Waals surface area contributed by atoms with Crippen LogP contribution in [0.1, 0.15) is 23.3 Å². The third-order valence-corrected chi connectivity index (χ3v) is 4.35. The van der Waals surface area contributed by atoms with Crippen molar-refractivity contribution in [3.63, 3.8) is 0 Å². The number of benzene rings is 1. The van der Waals surface area contributed by atoms with E-state index in [1.54, 1.807) is 24.5 Å². The molecule has 0 aliphatic carbocycles. The lowest BCUT2D eigenvalue weighted by atomic mass is 10.1. The van der Waals surface area contributed by atoms with Gasteiger partial charge in [-0.15, -0.1) is 11.3 Å². The monoisotopic (exact) mass is 349 g/mol. The van der Waals surface area contributed by atoms with Gasteiger partial charge in [-0.25, -0.2) is 4.98 Å². The molecule has 5 nitrogen and oxygen atoms in total. The van der Waals surface area contributed by atoms with Crippen molar-refractivity contribution in [1.82, 2.24) is 10.3 Å². The van der Waals surface area contributed by atoms with Crippen molar-refractivity contribution in [2.24, 2.45) is 0 Å². The number of carbonyl (C=O) groups excluding carboxylic acids is 1. The van der Waals surface area contributed by atoms with E-state index in [1.807, 2.05) is 29.6 Å². The van der Waals surface area contributed by atoms with Crippen LogP contribution in [0.15, 0.2) is 52.5 Å². The first-order chi connectivity index (χ1) is 12.2. The molecule has 0 saturated heterocycles. The molecule has 3 aromatic rings. The number of nitriles is 1. The van der Waals surface area contributed by atoms with Gasteiger partial charge in [0.2, 0.25) is 5.91 Å². The zero-order chi connectivity index (χ0) is 17.6. The Hall–Kier alpha value is -3.17. The molecular weight excluding hydrogens is 334 g/mol. The van der Waals surface area contributed by atoms with Gasteiger partial charge in [0.1, 0.15) is 16.8 Å². The first kappa shape index (κ1) is 16.7. The second-order valence-corrected chi connectivity index (χ2v) is 6.19. The van der Waals surface area contributed by atoms with E-state index in [4.69, 9.17) is 4.42 Å². The molecule has 0 atom stereocenters. The fourth-order valence-corrected chi connectivity index (χ4v) is 3.00. The Bertz CT molecular complexity index is 932. The van der Waals surface area contributed by atoms with Crippen LogP contribution < -0.4 is 5.32 Å². The van der Waals surface area contributed by atoms with Crippen molar-refractivity contribution in [1.29, 1.82) is 5.26 Å². The average Bonchev–Trinajstić information content (AvgIpc) is 3.30. The van der Waals surface area contributed by atoms with Gasteiger partial charge in [-0.3, -0.25) is 4.79 Å². The molecule has 2 heterocycles. The van der Waals surface area contributed by atoms with Crippen molar-refractivity contribution in [2.75, 3.05) is 0 Å². The zero-order valence-corrected chi connectivity index (χ0v) is 14.3. The van der Waals surface area contributed by atoms with E-state index in [-0.39, 0.29) is 5.91 Å². The van der Waals surface area contributed by atoms with Crippen LogP contribution in [0.2, 0.25) is 0 Å². The van der Waals surface area contributed by atoms with Crippen molar-refractivity contribution in [2.45, 2.75) is 13.5 Å². The van der Waals surface area contributed by atoms with Crippen LogP contribution in [0, 0.1) is 11.3 Å². The van der Waals surface area contributed by atoms with E-state index < -0.39 is 0 Å². The summed E-state index contributed by atoms with van der Waals surface area (Å²) < 4.78 is 5.25. The fraction of sp³-hybridized carbons (Fsp3) is 0.105. The van der Waals surface area contributed by atoms with Gasteiger partial charge in [-0.1, -0.05) is 24.3 Å². The number of nitrogens with zero attached hydrogens (tertiary/aromatic N) is 2. The summed E-state index contributed by atoms with van der Waals surface area (Å²) in [5.74, 6) is 0.566. The molecule has 1 amide bonds. The molecule has 1 aromatic carbocycles. The summed E-state index contributed by atoms with van der Waals surface area (Å²) in [4.78, 5) is 15.5. The molecule has 0 saturated carbocycles. The first-order valence-electron chi connectivity index (χ1n) is 7.60. The zero-order valence-electron chi connectivity index (χ0n) is 13.5. The molecule has 0 aliphatic rings. The summed E-state index contributed by atoms with van der Waals surface area (Å²) in [5, 5.41) is 14.7. The van der Waals surface area contributed by atoms with E-state index in [2.05, 4.69) is 16.4 Å². The largest absolute Gasteiger partial charge is 0.465 e. The maximum absolute atomic E-state index is 11.0. The van der Waals surface area contributed by atoms with Crippen LogP contribution in [0.3, 0.4) is 0 Å². The number of furan rings is 1. The minimum Gasteiger partial charge on any atom is -0.465 e. The van der Waals surface area contributed by atoms with Crippen LogP contribution in [0.25, 0.3) is 22.9 Å². The Kier molecular flexibility index (Phi) is 5.07. The third kappa shape index (κ3) is 4.22. The quantitative estimate of drug-likeness (QED) is 0.703. The molecule has 25 heavy (non-hydrogen) atoms. The Balaban J connectivity index is 1.79. The lowest BCUT2D eigenvalue weighted by molar-refractivity contribution is -0.119.